The number of thiophene rings is 1. The van der Waals surface area contributed by atoms with Crippen LogP contribution in [0.1, 0.15) is 66.9 Å². The number of benzene rings is 2. The third-order valence-corrected chi connectivity index (χ3v) is 10.7. The third kappa shape index (κ3) is 8.11. The fourth-order valence-corrected chi connectivity index (χ4v) is 8.15. The highest BCUT2D eigenvalue weighted by atomic mass is 35.5. The Morgan fingerprint density at radius 2 is 1.81 bits per heavy atom. The van der Waals surface area contributed by atoms with Crippen LogP contribution in [-0.4, -0.2) is 95.1 Å². The first-order chi connectivity index (χ1) is 25.3. The molecule has 2 saturated heterocycles. The van der Waals surface area contributed by atoms with Crippen molar-refractivity contribution in [2.75, 3.05) is 50.1 Å². The quantitative estimate of drug-likeness (QED) is 0.203. The van der Waals surface area contributed by atoms with E-state index in [0.29, 0.717) is 30.8 Å². The minimum absolute atomic E-state index is 0.0236. The molecule has 4 heterocycles. The van der Waals surface area contributed by atoms with Crippen molar-refractivity contribution in [3.8, 4) is 23.2 Å². The van der Waals surface area contributed by atoms with Crippen molar-refractivity contribution in [3.63, 3.8) is 0 Å². The van der Waals surface area contributed by atoms with Crippen molar-refractivity contribution < 1.29 is 32.6 Å². The number of anilines is 2. The molecule has 0 saturated carbocycles. The number of halogens is 3. The van der Waals surface area contributed by atoms with Gasteiger partial charge in [0, 0.05) is 48.1 Å². The molecule has 2 amide bonds. The van der Waals surface area contributed by atoms with Gasteiger partial charge in [-0.2, -0.15) is 15.2 Å². The summed E-state index contributed by atoms with van der Waals surface area (Å²) in [6, 6.07) is 5.95. The van der Waals surface area contributed by atoms with Gasteiger partial charge in [-0.15, -0.1) is 11.3 Å². The second-order valence-corrected chi connectivity index (χ2v) is 17.1. The van der Waals surface area contributed by atoms with Crippen molar-refractivity contribution >= 4 is 66.9 Å². The van der Waals surface area contributed by atoms with E-state index < -0.39 is 35.0 Å². The summed E-state index contributed by atoms with van der Waals surface area (Å²) in [6.45, 7) is 14.6. The fraction of sp³-hybridized carbons (Fsp3) is 0.500. The second kappa shape index (κ2) is 15.0. The number of aromatic nitrogens is 2. The molecule has 0 radical (unpaired) electrons. The summed E-state index contributed by atoms with van der Waals surface area (Å²) < 4.78 is 49.8. The van der Waals surface area contributed by atoms with Gasteiger partial charge in [0.05, 0.1) is 15.3 Å². The SMILES string of the molecule is C[C@H]1CN(C(=O)OC(C)(C)C)CCN1c1nc(OC[C@@H]2CCCN2C)nc2c(F)c(-c3ccc(F)c4sc(NC(=O)OC(C)(C)C)c(C#N)c34)c(Cl)cc12. The van der Waals surface area contributed by atoms with Gasteiger partial charge in [-0.1, -0.05) is 17.7 Å². The zero-order chi connectivity index (χ0) is 39.3. The van der Waals surface area contributed by atoms with Crippen molar-refractivity contribution in [1.82, 2.24) is 19.8 Å². The zero-order valence-electron chi connectivity index (χ0n) is 31.6. The molecule has 4 aromatic rings. The molecular weight excluding hydrogens is 740 g/mol. The number of nitriles is 1. The maximum absolute atomic E-state index is 17.2. The van der Waals surface area contributed by atoms with Gasteiger partial charge >= 0.3 is 18.2 Å². The average Bonchev–Trinajstić information content (AvgIpc) is 3.65. The van der Waals surface area contributed by atoms with E-state index in [1.807, 2.05) is 39.6 Å². The molecule has 2 atom stereocenters. The van der Waals surface area contributed by atoms with E-state index in [-0.39, 0.29) is 67.0 Å². The number of likely N-dealkylation sites (N-methyl/N-ethyl adjacent to an activating group) is 1. The van der Waals surface area contributed by atoms with Crippen LogP contribution in [0, 0.1) is 23.0 Å². The number of piperazine rings is 1. The summed E-state index contributed by atoms with van der Waals surface area (Å²) in [7, 11) is 2.02. The Hall–Kier alpha value is -4.52. The largest absolute Gasteiger partial charge is 0.462 e. The van der Waals surface area contributed by atoms with Gasteiger partial charge in [-0.25, -0.2) is 18.4 Å². The lowest BCUT2D eigenvalue weighted by atomic mass is 9.97. The van der Waals surface area contributed by atoms with Gasteiger partial charge in [0.15, 0.2) is 5.82 Å². The van der Waals surface area contributed by atoms with Crippen LogP contribution in [0.2, 0.25) is 5.02 Å². The van der Waals surface area contributed by atoms with Crippen LogP contribution in [0.3, 0.4) is 0 Å². The Labute approximate surface area is 321 Å². The summed E-state index contributed by atoms with van der Waals surface area (Å²) in [4.78, 5) is 40.8. The van der Waals surface area contributed by atoms with Crippen molar-refractivity contribution in [3.05, 3.63) is 40.4 Å². The Bertz CT molecular complexity index is 2160. The number of carbonyl (C=O) groups is 2. The number of fused-ring (bicyclic) bond motifs is 2. The number of rotatable bonds is 6. The minimum Gasteiger partial charge on any atom is -0.462 e. The van der Waals surface area contributed by atoms with Crippen LogP contribution < -0.4 is 15.0 Å². The van der Waals surface area contributed by atoms with E-state index in [9.17, 15) is 14.9 Å². The standard InChI is InChI=1S/C38H44ClF2N7O5S/c1-20-18-47(36(50)53-38(5,6)7)14-15-48(20)32-23-16-25(39)28(29(41)30(23)43-34(44-32)51-19-21-10-9-13-46(21)8)22-11-12-26(40)31-27(22)24(17-42)33(54-31)45-35(49)52-37(2,3)4/h11-12,16,20-21H,9-10,13-15,18-19H2,1-8H3,(H,45,49)/t20-,21-/m0/s1. The molecule has 0 spiro atoms. The molecule has 0 unspecified atom stereocenters. The number of ether oxygens (including phenoxy) is 3. The highest BCUT2D eigenvalue weighted by Gasteiger charge is 2.34. The number of nitrogens with one attached hydrogen (secondary N) is 1. The first-order valence-corrected chi connectivity index (χ1v) is 19.0. The van der Waals surface area contributed by atoms with E-state index >= 15 is 8.78 Å². The summed E-state index contributed by atoms with van der Waals surface area (Å²) in [5.41, 5.74) is -1.62. The Morgan fingerprint density at radius 1 is 1.09 bits per heavy atom. The molecule has 0 bridgehead atoms. The van der Waals surface area contributed by atoms with Crippen LogP contribution in [0.25, 0.3) is 32.1 Å². The zero-order valence-corrected chi connectivity index (χ0v) is 33.2. The fourth-order valence-electron chi connectivity index (χ4n) is 6.79. The van der Waals surface area contributed by atoms with Crippen LogP contribution in [0.15, 0.2) is 18.2 Å². The topological polar surface area (TPSA) is 133 Å². The van der Waals surface area contributed by atoms with Crippen LogP contribution >= 0.6 is 22.9 Å². The monoisotopic (exact) mass is 783 g/mol. The second-order valence-electron chi connectivity index (χ2n) is 15.7. The van der Waals surface area contributed by atoms with E-state index in [4.69, 9.17) is 30.8 Å². The number of hydrogen-bond acceptors (Lipinski definition) is 11. The van der Waals surface area contributed by atoms with Gasteiger partial charge in [-0.05, 0) is 92.6 Å². The smallest absolute Gasteiger partial charge is 0.412 e. The predicted molar refractivity (Wildman–Crippen MR) is 206 cm³/mol. The summed E-state index contributed by atoms with van der Waals surface area (Å²) in [6.07, 6.45) is 0.704. The Kier molecular flexibility index (Phi) is 10.9. The van der Waals surface area contributed by atoms with Crippen LogP contribution in [0.5, 0.6) is 6.01 Å². The number of hydrogen-bond donors (Lipinski definition) is 1. The van der Waals surface area contributed by atoms with E-state index in [1.54, 1.807) is 31.7 Å². The molecule has 0 aliphatic carbocycles. The third-order valence-electron chi connectivity index (χ3n) is 9.26. The first kappa shape index (κ1) is 39.2. The predicted octanol–water partition coefficient (Wildman–Crippen LogP) is 8.58. The highest BCUT2D eigenvalue weighted by molar-refractivity contribution is 7.23. The molecule has 2 aromatic heterocycles. The van der Waals surface area contributed by atoms with Crippen LogP contribution in [0.4, 0.5) is 29.2 Å². The number of carbonyl (C=O) groups excluding carboxylic acids is 2. The first-order valence-electron chi connectivity index (χ1n) is 17.8. The summed E-state index contributed by atoms with van der Waals surface area (Å²) >= 11 is 7.77. The Morgan fingerprint density at radius 3 is 2.44 bits per heavy atom. The molecule has 288 valence electrons. The summed E-state index contributed by atoms with van der Waals surface area (Å²) in [5, 5.41) is 13.2. The minimum atomic E-state index is -0.829. The van der Waals surface area contributed by atoms with Gasteiger partial charge in [0.2, 0.25) is 0 Å². The lowest BCUT2D eigenvalue weighted by Gasteiger charge is -2.41. The molecular formula is C38H44ClF2N7O5S. The summed E-state index contributed by atoms with van der Waals surface area (Å²) in [5.74, 6) is -1.12. The highest BCUT2D eigenvalue weighted by Crippen LogP contribution is 2.46. The van der Waals surface area contributed by atoms with Crippen molar-refractivity contribution in [2.45, 2.75) is 84.6 Å². The van der Waals surface area contributed by atoms with Crippen molar-refractivity contribution in [2.24, 2.45) is 0 Å². The molecule has 1 N–H and O–H groups in total. The Balaban J connectivity index is 1.47. The lowest BCUT2D eigenvalue weighted by molar-refractivity contribution is 0.0218. The van der Waals surface area contributed by atoms with Gasteiger partial charge in [0.25, 0.3) is 0 Å². The van der Waals surface area contributed by atoms with Crippen molar-refractivity contribution in [1.29, 1.82) is 5.26 Å². The molecule has 2 aromatic carbocycles. The van der Waals surface area contributed by atoms with Gasteiger partial charge in [0.1, 0.15) is 46.0 Å². The maximum atomic E-state index is 17.2. The van der Waals surface area contributed by atoms with Gasteiger partial charge in [-0.3, -0.25) is 5.32 Å². The van der Waals surface area contributed by atoms with E-state index in [1.165, 1.54) is 6.07 Å². The number of likely N-dealkylation sites (tertiary alicyclic amines) is 1. The average molecular weight is 784 g/mol. The molecule has 2 aliphatic rings. The number of nitrogens with zero attached hydrogens (tertiary/aromatic N) is 6. The van der Waals surface area contributed by atoms with E-state index in [0.717, 1.165) is 36.8 Å². The lowest BCUT2D eigenvalue weighted by Crippen LogP contribution is -2.55. The normalized spacial score (nSPS) is 18.3. The molecule has 16 heteroatoms. The number of amides is 2. The maximum Gasteiger partial charge on any atom is 0.412 e. The molecule has 54 heavy (non-hydrogen) atoms. The van der Waals surface area contributed by atoms with E-state index in [2.05, 4.69) is 21.3 Å². The molecule has 6 rings (SSSR count). The molecule has 12 nitrogen and oxygen atoms in total. The van der Waals surface area contributed by atoms with Gasteiger partial charge < -0.3 is 28.9 Å². The van der Waals surface area contributed by atoms with Crippen LogP contribution in [-0.2, 0) is 9.47 Å². The molecule has 2 fully saturated rings. The molecule has 2 aliphatic heterocycles.